The van der Waals surface area contributed by atoms with Crippen LogP contribution in [0.3, 0.4) is 0 Å². The summed E-state index contributed by atoms with van der Waals surface area (Å²) in [7, 11) is 0. The Bertz CT molecular complexity index is 534. The number of hydrogen-bond donors (Lipinski definition) is 1. The molecule has 0 bridgehead atoms. The Hall–Kier alpha value is -1.26. The van der Waals surface area contributed by atoms with Crippen LogP contribution in [-0.4, -0.2) is 11.5 Å². The van der Waals surface area contributed by atoms with Crippen LogP contribution in [-0.2, 0) is 0 Å². The number of rotatable bonds is 6. The van der Waals surface area contributed by atoms with Crippen molar-refractivity contribution in [2.75, 3.05) is 6.54 Å². The smallest absolute Gasteiger partial charge is 0.123 e. The SMILES string of the molecule is CC(CNC(c1ccc(F)cc1)C1CC1)c1nccs1. The molecule has 2 atom stereocenters. The molecular weight excluding hydrogens is 271 g/mol. The molecule has 1 aromatic carbocycles. The Morgan fingerprint density at radius 2 is 2.10 bits per heavy atom. The molecule has 2 unspecified atom stereocenters. The third-order valence-corrected chi connectivity index (χ3v) is 4.85. The zero-order valence-electron chi connectivity index (χ0n) is 11.6. The molecule has 0 radical (unpaired) electrons. The van der Waals surface area contributed by atoms with Gasteiger partial charge in [0.2, 0.25) is 0 Å². The van der Waals surface area contributed by atoms with E-state index in [1.165, 1.54) is 23.4 Å². The Morgan fingerprint density at radius 3 is 2.70 bits per heavy atom. The van der Waals surface area contributed by atoms with Gasteiger partial charge in [0, 0.05) is 30.1 Å². The highest BCUT2D eigenvalue weighted by molar-refractivity contribution is 7.09. The Balaban J connectivity index is 1.64. The summed E-state index contributed by atoms with van der Waals surface area (Å²) in [6.45, 7) is 3.10. The summed E-state index contributed by atoms with van der Waals surface area (Å²) in [5, 5.41) is 6.84. The molecule has 2 aromatic rings. The molecule has 4 heteroatoms. The lowest BCUT2D eigenvalue weighted by molar-refractivity contribution is 0.462. The molecule has 1 aliphatic carbocycles. The van der Waals surface area contributed by atoms with E-state index in [0.717, 1.165) is 6.54 Å². The predicted molar refractivity (Wildman–Crippen MR) is 80.4 cm³/mol. The monoisotopic (exact) mass is 290 g/mol. The van der Waals surface area contributed by atoms with E-state index in [-0.39, 0.29) is 5.82 Å². The van der Waals surface area contributed by atoms with Gasteiger partial charge in [0.05, 0.1) is 5.01 Å². The Labute approximate surface area is 123 Å². The fourth-order valence-electron chi connectivity index (χ4n) is 2.53. The van der Waals surface area contributed by atoms with Crippen molar-refractivity contribution >= 4 is 11.3 Å². The lowest BCUT2D eigenvalue weighted by Crippen LogP contribution is -2.27. The maximum Gasteiger partial charge on any atom is 0.123 e. The summed E-state index contributed by atoms with van der Waals surface area (Å²) in [6, 6.07) is 7.25. The lowest BCUT2D eigenvalue weighted by atomic mass is 10.0. The largest absolute Gasteiger partial charge is 0.309 e. The van der Waals surface area contributed by atoms with E-state index in [2.05, 4.69) is 17.2 Å². The van der Waals surface area contributed by atoms with Gasteiger partial charge in [-0.25, -0.2) is 9.37 Å². The number of halogens is 1. The van der Waals surface area contributed by atoms with Gasteiger partial charge in [0.15, 0.2) is 0 Å². The summed E-state index contributed by atoms with van der Waals surface area (Å²) < 4.78 is 13.0. The fraction of sp³-hybridized carbons (Fsp3) is 0.438. The van der Waals surface area contributed by atoms with Crippen molar-refractivity contribution in [2.45, 2.75) is 31.7 Å². The maximum absolute atomic E-state index is 13.0. The molecule has 3 rings (SSSR count). The molecule has 0 spiro atoms. The van der Waals surface area contributed by atoms with E-state index in [1.54, 1.807) is 23.5 Å². The van der Waals surface area contributed by atoms with Gasteiger partial charge >= 0.3 is 0 Å². The summed E-state index contributed by atoms with van der Waals surface area (Å²) in [5.41, 5.74) is 1.19. The third-order valence-electron chi connectivity index (χ3n) is 3.84. The first-order valence-corrected chi connectivity index (χ1v) is 8.00. The molecule has 1 heterocycles. The van der Waals surface area contributed by atoms with E-state index in [9.17, 15) is 4.39 Å². The van der Waals surface area contributed by atoms with Crippen LogP contribution in [0.1, 0.15) is 42.3 Å². The second-order valence-corrected chi connectivity index (χ2v) is 6.47. The van der Waals surface area contributed by atoms with Gasteiger partial charge in [0.1, 0.15) is 5.82 Å². The van der Waals surface area contributed by atoms with E-state index in [0.29, 0.717) is 17.9 Å². The number of nitrogens with zero attached hydrogens (tertiary/aromatic N) is 1. The summed E-state index contributed by atoms with van der Waals surface area (Å²) >= 11 is 1.70. The van der Waals surface area contributed by atoms with Crippen molar-refractivity contribution in [3.8, 4) is 0 Å². The molecule has 1 saturated carbocycles. The van der Waals surface area contributed by atoms with Crippen molar-refractivity contribution in [3.63, 3.8) is 0 Å². The van der Waals surface area contributed by atoms with Crippen molar-refractivity contribution in [3.05, 3.63) is 52.2 Å². The minimum absolute atomic E-state index is 0.167. The first-order chi connectivity index (χ1) is 9.74. The lowest BCUT2D eigenvalue weighted by Gasteiger charge is -2.21. The highest BCUT2D eigenvalue weighted by Crippen LogP contribution is 2.41. The second-order valence-electron chi connectivity index (χ2n) is 5.55. The fourth-order valence-corrected chi connectivity index (χ4v) is 3.22. The Kier molecular flexibility index (Phi) is 4.13. The quantitative estimate of drug-likeness (QED) is 0.865. The number of nitrogens with one attached hydrogen (secondary N) is 1. The van der Waals surface area contributed by atoms with Crippen LogP contribution >= 0.6 is 11.3 Å². The summed E-state index contributed by atoms with van der Waals surface area (Å²) in [6.07, 6.45) is 4.39. The highest BCUT2D eigenvalue weighted by Gasteiger charge is 2.32. The molecule has 106 valence electrons. The average Bonchev–Trinajstić information content (AvgIpc) is 3.14. The van der Waals surface area contributed by atoms with Crippen LogP contribution in [0.25, 0.3) is 0 Å². The topological polar surface area (TPSA) is 24.9 Å². The standard InChI is InChI=1S/C16H19FN2S/c1-11(16-18-8-9-20-16)10-19-15(12-2-3-12)13-4-6-14(17)7-5-13/h4-9,11-12,15,19H,2-3,10H2,1H3. The van der Waals surface area contributed by atoms with Gasteiger partial charge in [-0.2, -0.15) is 0 Å². The van der Waals surface area contributed by atoms with E-state index in [4.69, 9.17) is 0 Å². The van der Waals surface area contributed by atoms with Gasteiger partial charge in [-0.3, -0.25) is 0 Å². The molecule has 0 aliphatic heterocycles. The molecule has 1 N–H and O–H groups in total. The van der Waals surface area contributed by atoms with Crippen molar-refractivity contribution in [1.82, 2.24) is 10.3 Å². The van der Waals surface area contributed by atoms with Gasteiger partial charge in [-0.15, -0.1) is 11.3 Å². The predicted octanol–water partition coefficient (Wildman–Crippen LogP) is 4.13. The van der Waals surface area contributed by atoms with Crippen molar-refractivity contribution in [2.24, 2.45) is 5.92 Å². The van der Waals surface area contributed by atoms with Gasteiger partial charge < -0.3 is 5.32 Å². The van der Waals surface area contributed by atoms with Crippen LogP contribution < -0.4 is 5.32 Å². The molecule has 1 aromatic heterocycles. The number of thiazole rings is 1. The van der Waals surface area contributed by atoms with Crippen LogP contribution in [0.15, 0.2) is 35.8 Å². The molecule has 2 nitrogen and oxygen atoms in total. The maximum atomic E-state index is 13.0. The molecule has 1 fully saturated rings. The normalized spacial score (nSPS) is 17.9. The first kappa shape index (κ1) is 13.7. The van der Waals surface area contributed by atoms with Gasteiger partial charge in [-0.1, -0.05) is 19.1 Å². The average molecular weight is 290 g/mol. The molecule has 20 heavy (non-hydrogen) atoms. The van der Waals surface area contributed by atoms with Gasteiger partial charge in [0.25, 0.3) is 0 Å². The van der Waals surface area contributed by atoms with Crippen molar-refractivity contribution in [1.29, 1.82) is 0 Å². The molecule has 1 aliphatic rings. The number of hydrogen-bond acceptors (Lipinski definition) is 3. The third kappa shape index (κ3) is 3.25. The van der Waals surface area contributed by atoms with Crippen molar-refractivity contribution < 1.29 is 4.39 Å². The van der Waals surface area contributed by atoms with Crippen LogP contribution in [0.4, 0.5) is 4.39 Å². The first-order valence-electron chi connectivity index (χ1n) is 7.12. The number of benzene rings is 1. The van der Waals surface area contributed by atoms with Crippen LogP contribution in [0.2, 0.25) is 0 Å². The Morgan fingerprint density at radius 1 is 1.35 bits per heavy atom. The second kappa shape index (κ2) is 6.02. The molecule has 0 amide bonds. The van der Waals surface area contributed by atoms with Crippen LogP contribution in [0.5, 0.6) is 0 Å². The minimum Gasteiger partial charge on any atom is -0.309 e. The van der Waals surface area contributed by atoms with E-state index < -0.39 is 0 Å². The minimum atomic E-state index is -0.167. The van der Waals surface area contributed by atoms with E-state index >= 15 is 0 Å². The zero-order chi connectivity index (χ0) is 13.9. The molecule has 0 saturated heterocycles. The highest BCUT2D eigenvalue weighted by atomic mass is 32.1. The summed E-state index contributed by atoms with van der Waals surface area (Å²) in [4.78, 5) is 4.37. The summed E-state index contributed by atoms with van der Waals surface area (Å²) in [5.74, 6) is 0.945. The van der Waals surface area contributed by atoms with Crippen LogP contribution in [0, 0.1) is 11.7 Å². The van der Waals surface area contributed by atoms with E-state index in [1.807, 2.05) is 23.7 Å². The van der Waals surface area contributed by atoms with Gasteiger partial charge in [-0.05, 0) is 36.5 Å². The molecular formula is C16H19FN2S. The number of aromatic nitrogens is 1. The zero-order valence-corrected chi connectivity index (χ0v) is 12.4.